The normalized spacial score (nSPS) is 13.5. The highest BCUT2D eigenvalue weighted by Gasteiger charge is 1.90. The predicted molar refractivity (Wildman–Crippen MR) is 122 cm³/mol. The van der Waals surface area contributed by atoms with Crippen molar-refractivity contribution in [1.29, 1.82) is 0 Å². The molecule has 146 valence electrons. The zero-order chi connectivity index (χ0) is 19.1. The van der Waals surface area contributed by atoms with E-state index in [1.165, 1.54) is 57.8 Å². The van der Waals surface area contributed by atoms with Crippen LogP contribution in [0.1, 0.15) is 71.1 Å². The Bertz CT molecular complexity index is 467. The van der Waals surface area contributed by atoms with Crippen LogP contribution in [0.3, 0.4) is 0 Å². The van der Waals surface area contributed by atoms with Crippen LogP contribution in [0.15, 0.2) is 72.6 Å². The van der Waals surface area contributed by atoms with E-state index in [0.29, 0.717) is 17.9 Å². The summed E-state index contributed by atoms with van der Waals surface area (Å²) in [6, 6.07) is 0. The van der Waals surface area contributed by atoms with Crippen molar-refractivity contribution in [2.24, 2.45) is 0 Å². The molecule has 0 aliphatic rings. The average Bonchev–Trinajstić information content (AvgIpc) is 2.64. The summed E-state index contributed by atoms with van der Waals surface area (Å²) in [6.45, 7) is 2.27. The number of unbranched alkanes of at least 4 members (excludes halogenated alkanes) is 8. The molecule has 0 saturated carbocycles. The van der Waals surface area contributed by atoms with Crippen LogP contribution in [0.4, 0.5) is 0 Å². The first-order valence-corrected chi connectivity index (χ1v) is 10.8. The Kier molecular flexibility index (Phi) is 20.5. The Morgan fingerprint density at radius 1 is 0.692 bits per heavy atom. The van der Waals surface area contributed by atoms with Gasteiger partial charge < -0.3 is 5.11 Å². The van der Waals surface area contributed by atoms with Gasteiger partial charge in [0.15, 0.2) is 0 Å². The molecular formula is C24H38OS. The summed E-state index contributed by atoms with van der Waals surface area (Å²) in [5, 5.41) is 9.40. The van der Waals surface area contributed by atoms with Crippen molar-refractivity contribution in [3.63, 3.8) is 0 Å². The lowest BCUT2D eigenvalue weighted by Crippen LogP contribution is -1.80. The quantitative estimate of drug-likeness (QED) is 0.121. The Morgan fingerprint density at radius 3 is 1.77 bits per heavy atom. The van der Waals surface area contributed by atoms with Crippen LogP contribution < -0.4 is 0 Å². The van der Waals surface area contributed by atoms with Crippen LogP contribution in [-0.2, 0) is 0 Å². The summed E-state index contributed by atoms with van der Waals surface area (Å²) in [7, 11) is 0. The van der Waals surface area contributed by atoms with Crippen molar-refractivity contribution in [2.45, 2.75) is 71.1 Å². The summed E-state index contributed by atoms with van der Waals surface area (Å²) in [5.74, 6) is 1.02. The van der Waals surface area contributed by atoms with Gasteiger partial charge in [0.1, 0.15) is 0 Å². The van der Waals surface area contributed by atoms with Gasteiger partial charge in [0.25, 0.3) is 0 Å². The molecule has 0 saturated heterocycles. The van der Waals surface area contributed by atoms with E-state index in [9.17, 15) is 5.11 Å². The molecule has 0 aromatic carbocycles. The third-order valence-corrected chi connectivity index (χ3v) is 4.13. The van der Waals surface area contributed by atoms with Gasteiger partial charge in [0.2, 0.25) is 0 Å². The second kappa shape index (κ2) is 21.6. The summed E-state index contributed by atoms with van der Waals surface area (Å²) in [4.78, 5) is 0. The lowest BCUT2D eigenvalue weighted by Gasteiger charge is -1.99. The molecule has 26 heavy (non-hydrogen) atoms. The van der Waals surface area contributed by atoms with Crippen molar-refractivity contribution in [3.8, 4) is 0 Å². The van der Waals surface area contributed by atoms with Crippen molar-refractivity contribution in [1.82, 2.24) is 0 Å². The van der Waals surface area contributed by atoms with E-state index >= 15 is 0 Å². The lowest BCUT2D eigenvalue weighted by molar-refractivity contribution is 0.396. The summed E-state index contributed by atoms with van der Waals surface area (Å²) in [5.41, 5.74) is 0. The summed E-state index contributed by atoms with van der Waals surface area (Å²) in [6.07, 6.45) is 34.6. The molecular weight excluding hydrogens is 336 g/mol. The molecule has 0 radical (unpaired) electrons. The fourth-order valence-corrected chi connectivity index (χ4v) is 2.61. The van der Waals surface area contributed by atoms with Crippen LogP contribution in [0, 0.1) is 0 Å². The molecule has 0 spiro atoms. The van der Waals surface area contributed by atoms with Gasteiger partial charge in [-0.1, -0.05) is 113 Å². The van der Waals surface area contributed by atoms with E-state index in [2.05, 4.69) is 37.8 Å². The Labute approximate surface area is 167 Å². The molecule has 0 bridgehead atoms. The summed E-state index contributed by atoms with van der Waals surface area (Å²) >= 11 is 4.06. The molecule has 0 aromatic heterocycles. The standard InChI is InChI=1S/C24H38OS/c1-2-3-4-5-6-7-8-9-10-11-12-13-14-15-16-17-18-19-20-21-24(25)22-23-26/h11-21,25-26H,2-10,22-23H2,1H3/b12-11+,14-13+,16-15+,18-17+,20-19+,24-21+. The average molecular weight is 375 g/mol. The minimum atomic E-state index is 0.363. The number of rotatable bonds is 16. The minimum Gasteiger partial charge on any atom is -0.512 e. The zero-order valence-electron chi connectivity index (χ0n) is 16.5. The topological polar surface area (TPSA) is 20.2 Å². The number of allylic oxidation sites excluding steroid dienone is 12. The second-order valence-electron chi connectivity index (χ2n) is 6.36. The van der Waals surface area contributed by atoms with Gasteiger partial charge in [0, 0.05) is 6.42 Å². The van der Waals surface area contributed by atoms with Gasteiger partial charge >= 0.3 is 0 Å². The molecule has 0 heterocycles. The fraction of sp³-hybridized carbons (Fsp3) is 0.500. The highest BCUT2D eigenvalue weighted by atomic mass is 32.1. The smallest absolute Gasteiger partial charge is 0.0930 e. The van der Waals surface area contributed by atoms with E-state index in [1.54, 1.807) is 6.08 Å². The maximum Gasteiger partial charge on any atom is 0.0930 e. The molecule has 2 heteroatoms. The highest BCUT2D eigenvalue weighted by Crippen LogP contribution is 2.09. The van der Waals surface area contributed by atoms with E-state index in [0.717, 1.165) is 0 Å². The molecule has 0 rings (SSSR count). The fourth-order valence-electron chi connectivity index (χ4n) is 2.38. The van der Waals surface area contributed by atoms with Crippen molar-refractivity contribution >= 4 is 12.6 Å². The number of aliphatic hydroxyl groups is 1. The number of aliphatic hydroxyl groups excluding tert-OH is 1. The van der Waals surface area contributed by atoms with E-state index in [-0.39, 0.29) is 0 Å². The maximum atomic E-state index is 9.40. The van der Waals surface area contributed by atoms with E-state index in [4.69, 9.17) is 0 Å². The highest BCUT2D eigenvalue weighted by molar-refractivity contribution is 7.80. The number of hydrogen-bond acceptors (Lipinski definition) is 2. The molecule has 0 atom stereocenters. The molecule has 0 amide bonds. The largest absolute Gasteiger partial charge is 0.512 e. The van der Waals surface area contributed by atoms with Crippen molar-refractivity contribution in [2.75, 3.05) is 5.75 Å². The van der Waals surface area contributed by atoms with Gasteiger partial charge in [-0.15, -0.1) is 0 Å². The molecule has 1 N–H and O–H groups in total. The van der Waals surface area contributed by atoms with E-state index < -0.39 is 0 Å². The van der Waals surface area contributed by atoms with Gasteiger partial charge in [0.05, 0.1) is 5.76 Å². The lowest BCUT2D eigenvalue weighted by atomic mass is 10.1. The van der Waals surface area contributed by atoms with E-state index in [1.807, 2.05) is 42.5 Å². The Hall–Kier alpha value is -1.41. The molecule has 0 aromatic rings. The van der Waals surface area contributed by atoms with Crippen molar-refractivity contribution < 1.29 is 5.11 Å². The van der Waals surface area contributed by atoms with Gasteiger partial charge in [-0.3, -0.25) is 0 Å². The number of thiol groups is 1. The van der Waals surface area contributed by atoms with Crippen LogP contribution in [0.2, 0.25) is 0 Å². The third-order valence-electron chi connectivity index (χ3n) is 3.91. The SMILES string of the molecule is CCCCCCCCCC/C=C/C=C/C=C/C=C/C=C/C=C(/O)CCS. The minimum absolute atomic E-state index is 0.363. The zero-order valence-corrected chi connectivity index (χ0v) is 17.4. The van der Waals surface area contributed by atoms with Crippen LogP contribution in [-0.4, -0.2) is 10.9 Å². The van der Waals surface area contributed by atoms with Crippen LogP contribution >= 0.6 is 12.6 Å². The molecule has 0 fully saturated rings. The maximum absolute atomic E-state index is 9.40. The first-order chi connectivity index (χ1) is 12.8. The first-order valence-electron chi connectivity index (χ1n) is 10.1. The summed E-state index contributed by atoms with van der Waals surface area (Å²) < 4.78 is 0. The molecule has 1 nitrogen and oxygen atoms in total. The van der Waals surface area contributed by atoms with Crippen molar-refractivity contribution in [3.05, 3.63) is 72.6 Å². The number of hydrogen-bond donors (Lipinski definition) is 2. The van der Waals surface area contributed by atoms with Gasteiger partial charge in [-0.05, 0) is 24.7 Å². The monoisotopic (exact) mass is 374 g/mol. The first kappa shape index (κ1) is 24.6. The second-order valence-corrected chi connectivity index (χ2v) is 6.81. The molecule has 0 unspecified atom stereocenters. The van der Waals surface area contributed by atoms with Gasteiger partial charge in [-0.25, -0.2) is 0 Å². The van der Waals surface area contributed by atoms with Crippen LogP contribution in [0.25, 0.3) is 0 Å². The van der Waals surface area contributed by atoms with Crippen LogP contribution in [0.5, 0.6) is 0 Å². The Balaban J connectivity index is 3.59. The predicted octanol–water partition coefficient (Wildman–Crippen LogP) is 8.06. The third kappa shape index (κ3) is 20.6. The molecule has 0 aliphatic heterocycles. The molecule has 0 aliphatic carbocycles. The Morgan fingerprint density at radius 2 is 1.19 bits per heavy atom. The van der Waals surface area contributed by atoms with Gasteiger partial charge in [-0.2, -0.15) is 12.6 Å².